The van der Waals surface area contributed by atoms with Gasteiger partial charge in [-0.1, -0.05) is 18.2 Å². The van der Waals surface area contributed by atoms with E-state index in [1.807, 2.05) is 36.4 Å². The predicted molar refractivity (Wildman–Crippen MR) is 130 cm³/mol. The summed E-state index contributed by atoms with van der Waals surface area (Å²) in [6.07, 6.45) is 6.42. The van der Waals surface area contributed by atoms with E-state index in [1.165, 1.54) is 4.90 Å². The number of aromatic nitrogens is 3. The summed E-state index contributed by atoms with van der Waals surface area (Å²) in [6.45, 7) is 2.86. The molecule has 9 heteroatoms. The number of esters is 1. The highest BCUT2D eigenvalue weighted by molar-refractivity contribution is 6.01. The Morgan fingerprint density at radius 2 is 1.94 bits per heavy atom. The van der Waals surface area contributed by atoms with Gasteiger partial charge in [0.25, 0.3) is 5.91 Å². The van der Waals surface area contributed by atoms with Crippen molar-refractivity contribution in [3.05, 3.63) is 66.6 Å². The number of hydrogen-bond acceptors (Lipinski definition) is 6. The number of likely N-dealkylation sites (N-methyl/N-ethyl adjacent to an activating group) is 1. The van der Waals surface area contributed by atoms with Gasteiger partial charge in [-0.2, -0.15) is 5.10 Å². The summed E-state index contributed by atoms with van der Waals surface area (Å²) in [4.78, 5) is 45.8. The van der Waals surface area contributed by atoms with Gasteiger partial charge >= 0.3 is 5.97 Å². The average Bonchev–Trinajstić information content (AvgIpc) is 3.35. The molecule has 1 aliphatic rings. The minimum atomic E-state index is -0.324. The molecule has 1 unspecified atom stereocenters. The quantitative estimate of drug-likeness (QED) is 0.488. The molecule has 0 aliphatic carbocycles. The van der Waals surface area contributed by atoms with E-state index in [9.17, 15) is 14.4 Å². The summed E-state index contributed by atoms with van der Waals surface area (Å²) in [5, 5.41) is 4.65. The summed E-state index contributed by atoms with van der Waals surface area (Å²) in [5.41, 5.74) is 2.39. The zero-order chi connectivity index (χ0) is 24.8. The highest BCUT2D eigenvalue weighted by atomic mass is 16.5. The van der Waals surface area contributed by atoms with Crippen LogP contribution in [0, 0.1) is 5.92 Å². The van der Waals surface area contributed by atoms with Crippen molar-refractivity contribution < 1.29 is 19.1 Å². The zero-order valence-corrected chi connectivity index (χ0v) is 20.0. The molecule has 1 saturated heterocycles. The smallest absolute Gasteiger partial charge is 0.310 e. The third kappa shape index (κ3) is 5.56. The average molecular weight is 476 g/mol. The van der Waals surface area contributed by atoms with Gasteiger partial charge in [0, 0.05) is 44.3 Å². The maximum Gasteiger partial charge on any atom is 0.310 e. The topological polar surface area (TPSA) is 97.6 Å². The number of pyridine rings is 1. The molecule has 182 valence electrons. The van der Waals surface area contributed by atoms with Crippen molar-refractivity contribution in [1.82, 2.24) is 24.6 Å². The van der Waals surface area contributed by atoms with Crippen LogP contribution in [0.5, 0.6) is 0 Å². The van der Waals surface area contributed by atoms with E-state index >= 15 is 0 Å². The van der Waals surface area contributed by atoms with Gasteiger partial charge in [0.15, 0.2) is 0 Å². The van der Waals surface area contributed by atoms with Gasteiger partial charge < -0.3 is 14.5 Å². The number of nitrogens with zero attached hydrogens (tertiary/aromatic N) is 5. The van der Waals surface area contributed by atoms with E-state index in [-0.39, 0.29) is 30.2 Å². The molecule has 2 amide bonds. The lowest BCUT2D eigenvalue weighted by Gasteiger charge is -2.32. The first-order valence-corrected chi connectivity index (χ1v) is 11.7. The van der Waals surface area contributed by atoms with E-state index in [1.54, 1.807) is 48.2 Å². The highest BCUT2D eigenvalue weighted by Gasteiger charge is 2.31. The Labute approximate surface area is 204 Å². The van der Waals surface area contributed by atoms with Crippen LogP contribution in [-0.4, -0.2) is 75.6 Å². The number of rotatable bonds is 7. The first kappa shape index (κ1) is 24.1. The Morgan fingerprint density at radius 3 is 2.66 bits per heavy atom. The van der Waals surface area contributed by atoms with E-state index in [0.29, 0.717) is 42.9 Å². The number of likely N-dealkylation sites (tertiary alicyclic amines) is 1. The van der Waals surface area contributed by atoms with Gasteiger partial charge in [0.1, 0.15) is 5.69 Å². The number of piperidine rings is 1. The number of hydrogen-bond donors (Lipinski definition) is 0. The van der Waals surface area contributed by atoms with Crippen molar-refractivity contribution in [1.29, 1.82) is 0 Å². The lowest BCUT2D eigenvalue weighted by molar-refractivity contribution is -0.151. The lowest BCUT2D eigenvalue weighted by atomic mass is 9.98. The monoisotopic (exact) mass is 475 g/mol. The van der Waals surface area contributed by atoms with Crippen molar-refractivity contribution in [3.8, 4) is 16.9 Å². The second-order valence-electron chi connectivity index (χ2n) is 8.51. The molecule has 4 rings (SSSR count). The second kappa shape index (κ2) is 10.9. The van der Waals surface area contributed by atoms with E-state index in [0.717, 1.165) is 12.1 Å². The van der Waals surface area contributed by atoms with Crippen LogP contribution in [0.3, 0.4) is 0 Å². The van der Waals surface area contributed by atoms with Gasteiger partial charge in [-0.25, -0.2) is 4.68 Å². The van der Waals surface area contributed by atoms with Crippen LogP contribution in [-0.2, 0) is 14.3 Å². The minimum absolute atomic E-state index is 0.0998. The molecule has 3 heterocycles. The van der Waals surface area contributed by atoms with Gasteiger partial charge in [0.05, 0.1) is 30.3 Å². The molecular formula is C26H29N5O4. The number of carbonyl (C=O) groups excluding carboxylic acids is 3. The number of para-hydroxylation sites is 1. The minimum Gasteiger partial charge on any atom is -0.466 e. The molecule has 1 fully saturated rings. The van der Waals surface area contributed by atoms with E-state index in [2.05, 4.69) is 10.1 Å². The maximum absolute atomic E-state index is 13.5. The largest absolute Gasteiger partial charge is 0.466 e. The van der Waals surface area contributed by atoms with Crippen molar-refractivity contribution in [2.75, 3.05) is 33.3 Å². The summed E-state index contributed by atoms with van der Waals surface area (Å²) >= 11 is 0. The normalized spacial score (nSPS) is 15.5. The SMILES string of the molecule is CCOC(=O)C1CCCN(C(=O)CN(C)C(=O)c2cn(-c3ccccc3)nc2-c2cccnc2)C1. The van der Waals surface area contributed by atoms with Crippen LogP contribution >= 0.6 is 0 Å². The van der Waals surface area contributed by atoms with Crippen molar-refractivity contribution in [3.63, 3.8) is 0 Å². The molecule has 0 bridgehead atoms. The molecule has 1 aromatic carbocycles. The molecule has 0 saturated carbocycles. The van der Waals surface area contributed by atoms with E-state index in [4.69, 9.17) is 4.74 Å². The number of amides is 2. The van der Waals surface area contributed by atoms with Crippen LogP contribution in [0.1, 0.15) is 30.1 Å². The van der Waals surface area contributed by atoms with E-state index < -0.39 is 0 Å². The maximum atomic E-state index is 13.5. The Balaban J connectivity index is 1.53. The molecule has 0 radical (unpaired) electrons. The molecule has 1 atom stereocenters. The van der Waals surface area contributed by atoms with Crippen molar-refractivity contribution in [2.24, 2.45) is 5.92 Å². The van der Waals surface area contributed by atoms with Gasteiger partial charge in [-0.3, -0.25) is 19.4 Å². The molecule has 2 aromatic heterocycles. The molecule has 0 spiro atoms. The van der Waals surface area contributed by atoms with Gasteiger partial charge in [0.2, 0.25) is 5.91 Å². The first-order valence-electron chi connectivity index (χ1n) is 11.7. The fraction of sp³-hybridized carbons (Fsp3) is 0.346. The summed E-state index contributed by atoms with van der Waals surface area (Å²) in [6, 6.07) is 13.1. The van der Waals surface area contributed by atoms with Crippen molar-refractivity contribution in [2.45, 2.75) is 19.8 Å². The standard InChI is InChI=1S/C26H29N5O4/c1-3-35-26(34)20-10-8-14-30(16-20)23(32)18-29(2)25(33)22-17-31(21-11-5-4-6-12-21)28-24(22)19-9-7-13-27-15-19/h4-7,9,11-13,15,17,20H,3,8,10,14,16,18H2,1-2H3. The predicted octanol–water partition coefficient (Wildman–Crippen LogP) is 2.81. The Bertz CT molecular complexity index is 1180. The molecular weight excluding hydrogens is 446 g/mol. The Morgan fingerprint density at radius 1 is 1.14 bits per heavy atom. The van der Waals surface area contributed by atoms with Crippen LogP contribution in [0.15, 0.2) is 61.1 Å². The molecule has 35 heavy (non-hydrogen) atoms. The Kier molecular flexibility index (Phi) is 7.54. The third-order valence-electron chi connectivity index (χ3n) is 6.01. The molecule has 0 N–H and O–H groups in total. The van der Waals surface area contributed by atoms with Gasteiger partial charge in [-0.15, -0.1) is 0 Å². The summed E-state index contributed by atoms with van der Waals surface area (Å²) < 4.78 is 6.78. The van der Waals surface area contributed by atoms with Crippen LogP contribution in [0.2, 0.25) is 0 Å². The fourth-order valence-electron chi connectivity index (χ4n) is 4.20. The Hall–Kier alpha value is -4.01. The highest BCUT2D eigenvalue weighted by Crippen LogP contribution is 2.24. The first-order chi connectivity index (χ1) is 17.0. The fourth-order valence-corrected chi connectivity index (χ4v) is 4.20. The molecule has 3 aromatic rings. The second-order valence-corrected chi connectivity index (χ2v) is 8.51. The number of carbonyl (C=O) groups is 3. The third-order valence-corrected chi connectivity index (χ3v) is 6.01. The zero-order valence-electron chi connectivity index (χ0n) is 20.0. The summed E-state index contributed by atoms with van der Waals surface area (Å²) in [5.74, 6) is -1.12. The molecule has 9 nitrogen and oxygen atoms in total. The van der Waals surface area contributed by atoms with Crippen molar-refractivity contribution >= 4 is 17.8 Å². The lowest BCUT2D eigenvalue weighted by Crippen LogP contribution is -2.47. The number of ether oxygens (including phenoxy) is 1. The number of benzene rings is 1. The van der Waals surface area contributed by atoms with Crippen LogP contribution in [0.25, 0.3) is 16.9 Å². The summed E-state index contributed by atoms with van der Waals surface area (Å²) in [7, 11) is 1.60. The van der Waals surface area contributed by atoms with Crippen LogP contribution < -0.4 is 0 Å². The molecule has 1 aliphatic heterocycles. The van der Waals surface area contributed by atoms with Gasteiger partial charge in [-0.05, 0) is 44.0 Å². The van der Waals surface area contributed by atoms with Crippen LogP contribution in [0.4, 0.5) is 0 Å².